The van der Waals surface area contributed by atoms with Crippen LogP contribution in [0, 0.1) is 0 Å². The van der Waals surface area contributed by atoms with E-state index in [1.807, 2.05) is 0 Å². The average Bonchev–Trinajstić information content (AvgIpc) is 2.87. The van der Waals surface area contributed by atoms with Gasteiger partial charge in [0.05, 0.1) is 12.7 Å². The van der Waals surface area contributed by atoms with Crippen LogP contribution in [0.1, 0.15) is 23.2 Å². The first-order valence-corrected chi connectivity index (χ1v) is 5.88. The number of benzene rings is 1. The molecule has 2 amide bonds. The van der Waals surface area contributed by atoms with Crippen molar-refractivity contribution < 1.29 is 14.3 Å². The predicted octanol–water partition coefficient (Wildman–Crippen LogP) is 0.785. The Kier molecular flexibility index (Phi) is 3.50. The van der Waals surface area contributed by atoms with E-state index in [0.717, 1.165) is 6.42 Å². The van der Waals surface area contributed by atoms with Gasteiger partial charge in [0.1, 0.15) is 11.8 Å². The summed E-state index contributed by atoms with van der Waals surface area (Å²) >= 11 is 0. The number of carbonyl (C=O) groups is 2. The standard InChI is InChI=1S/C13H16N2O3/c1-18-11-7-3-2-5-9(11)13(17)15-8-4-6-10(15)12(14)16/h2-3,5,7,10H,4,6,8H2,1H3,(H2,14,16)/t10-/m0/s1. The van der Waals surface area contributed by atoms with Crippen molar-refractivity contribution in [2.45, 2.75) is 18.9 Å². The molecule has 18 heavy (non-hydrogen) atoms. The first kappa shape index (κ1) is 12.4. The van der Waals surface area contributed by atoms with E-state index in [9.17, 15) is 9.59 Å². The number of hydrogen-bond acceptors (Lipinski definition) is 3. The lowest BCUT2D eigenvalue weighted by Gasteiger charge is -2.23. The number of likely N-dealkylation sites (tertiary alicyclic amines) is 1. The van der Waals surface area contributed by atoms with Crippen molar-refractivity contribution in [1.82, 2.24) is 4.90 Å². The first-order chi connectivity index (χ1) is 8.65. The summed E-state index contributed by atoms with van der Waals surface area (Å²) in [6, 6.07) is 6.48. The lowest BCUT2D eigenvalue weighted by Crippen LogP contribution is -2.43. The molecule has 96 valence electrons. The third kappa shape index (κ3) is 2.16. The van der Waals surface area contributed by atoms with Gasteiger partial charge in [-0.05, 0) is 25.0 Å². The van der Waals surface area contributed by atoms with Gasteiger partial charge in [-0.3, -0.25) is 9.59 Å². The number of nitrogens with two attached hydrogens (primary N) is 1. The molecule has 1 aromatic carbocycles. The normalized spacial score (nSPS) is 18.7. The topological polar surface area (TPSA) is 72.6 Å². The van der Waals surface area contributed by atoms with E-state index >= 15 is 0 Å². The number of ether oxygens (including phenoxy) is 1. The lowest BCUT2D eigenvalue weighted by molar-refractivity contribution is -0.121. The van der Waals surface area contributed by atoms with Gasteiger partial charge in [0, 0.05) is 6.54 Å². The SMILES string of the molecule is COc1ccccc1C(=O)N1CCC[C@H]1C(N)=O. The summed E-state index contributed by atoms with van der Waals surface area (Å²) in [5.74, 6) is -0.137. The summed E-state index contributed by atoms with van der Waals surface area (Å²) in [6.07, 6.45) is 1.44. The van der Waals surface area contributed by atoms with Gasteiger partial charge in [0.15, 0.2) is 0 Å². The van der Waals surface area contributed by atoms with Gasteiger partial charge in [-0.25, -0.2) is 0 Å². The fourth-order valence-corrected chi connectivity index (χ4v) is 2.28. The molecule has 1 aromatic rings. The van der Waals surface area contributed by atoms with E-state index in [-0.39, 0.29) is 5.91 Å². The fraction of sp³-hybridized carbons (Fsp3) is 0.385. The molecule has 0 spiro atoms. The largest absolute Gasteiger partial charge is 0.496 e. The minimum atomic E-state index is -0.498. The molecule has 5 nitrogen and oxygen atoms in total. The molecule has 1 fully saturated rings. The van der Waals surface area contributed by atoms with Gasteiger partial charge in [-0.1, -0.05) is 12.1 Å². The number of methoxy groups -OCH3 is 1. The van der Waals surface area contributed by atoms with Crippen molar-refractivity contribution in [3.8, 4) is 5.75 Å². The van der Waals surface area contributed by atoms with Gasteiger partial charge in [-0.2, -0.15) is 0 Å². The van der Waals surface area contributed by atoms with Crippen LogP contribution >= 0.6 is 0 Å². The molecule has 0 bridgehead atoms. The van der Waals surface area contributed by atoms with E-state index < -0.39 is 11.9 Å². The predicted molar refractivity (Wildman–Crippen MR) is 66.2 cm³/mol. The molecule has 5 heteroatoms. The van der Waals surface area contributed by atoms with Crippen LogP contribution in [0.4, 0.5) is 0 Å². The second-order valence-electron chi connectivity index (χ2n) is 4.26. The number of amides is 2. The zero-order valence-electron chi connectivity index (χ0n) is 10.3. The highest BCUT2D eigenvalue weighted by atomic mass is 16.5. The Morgan fingerprint density at radius 3 is 2.78 bits per heavy atom. The van der Waals surface area contributed by atoms with Crippen LogP contribution in [-0.4, -0.2) is 36.4 Å². The Morgan fingerprint density at radius 1 is 1.39 bits per heavy atom. The van der Waals surface area contributed by atoms with Crippen LogP contribution in [-0.2, 0) is 4.79 Å². The van der Waals surface area contributed by atoms with Crippen molar-refractivity contribution >= 4 is 11.8 Å². The third-order valence-electron chi connectivity index (χ3n) is 3.18. The van der Waals surface area contributed by atoms with Crippen LogP contribution in [0.2, 0.25) is 0 Å². The van der Waals surface area contributed by atoms with E-state index in [1.54, 1.807) is 24.3 Å². The summed E-state index contributed by atoms with van der Waals surface area (Å²) in [6.45, 7) is 0.560. The maximum absolute atomic E-state index is 12.4. The van der Waals surface area contributed by atoms with E-state index in [2.05, 4.69) is 0 Å². The molecule has 1 aliphatic heterocycles. The van der Waals surface area contributed by atoms with Crippen molar-refractivity contribution in [1.29, 1.82) is 0 Å². The molecular weight excluding hydrogens is 232 g/mol. The summed E-state index contributed by atoms with van der Waals surface area (Å²) < 4.78 is 5.16. The molecule has 2 rings (SSSR count). The lowest BCUT2D eigenvalue weighted by atomic mass is 10.1. The zero-order valence-corrected chi connectivity index (χ0v) is 10.3. The number of para-hydroxylation sites is 1. The molecule has 0 unspecified atom stereocenters. The minimum Gasteiger partial charge on any atom is -0.496 e. The quantitative estimate of drug-likeness (QED) is 0.859. The van der Waals surface area contributed by atoms with E-state index in [4.69, 9.17) is 10.5 Å². The smallest absolute Gasteiger partial charge is 0.258 e. The second-order valence-corrected chi connectivity index (χ2v) is 4.26. The van der Waals surface area contributed by atoms with Gasteiger partial charge < -0.3 is 15.4 Å². The molecule has 2 N–H and O–H groups in total. The Labute approximate surface area is 106 Å². The monoisotopic (exact) mass is 248 g/mol. The number of rotatable bonds is 3. The molecule has 1 saturated heterocycles. The van der Waals surface area contributed by atoms with Crippen molar-refractivity contribution in [3.63, 3.8) is 0 Å². The van der Waals surface area contributed by atoms with Crippen molar-refractivity contribution in [3.05, 3.63) is 29.8 Å². The molecule has 0 saturated carbocycles. The van der Waals surface area contributed by atoms with Crippen LogP contribution in [0.25, 0.3) is 0 Å². The molecule has 1 aliphatic rings. The maximum Gasteiger partial charge on any atom is 0.258 e. The molecule has 1 heterocycles. The van der Waals surface area contributed by atoms with Gasteiger partial charge >= 0.3 is 0 Å². The van der Waals surface area contributed by atoms with Gasteiger partial charge in [0.25, 0.3) is 5.91 Å². The van der Waals surface area contributed by atoms with Crippen LogP contribution in [0.15, 0.2) is 24.3 Å². The second kappa shape index (κ2) is 5.08. The summed E-state index contributed by atoms with van der Waals surface area (Å²) in [5, 5.41) is 0. The molecule has 1 atom stereocenters. The first-order valence-electron chi connectivity index (χ1n) is 5.88. The summed E-state index contributed by atoms with van der Waals surface area (Å²) in [5.41, 5.74) is 5.78. The van der Waals surface area contributed by atoms with Crippen molar-refractivity contribution in [2.75, 3.05) is 13.7 Å². The van der Waals surface area contributed by atoms with Crippen LogP contribution in [0.5, 0.6) is 5.75 Å². The highest BCUT2D eigenvalue weighted by Gasteiger charge is 2.33. The molecule has 0 aromatic heterocycles. The van der Waals surface area contributed by atoms with E-state index in [0.29, 0.717) is 24.3 Å². The molecule has 0 radical (unpaired) electrons. The maximum atomic E-state index is 12.4. The van der Waals surface area contributed by atoms with Gasteiger partial charge in [0.2, 0.25) is 5.91 Å². The zero-order chi connectivity index (χ0) is 13.1. The summed E-state index contributed by atoms with van der Waals surface area (Å²) in [7, 11) is 1.52. The highest BCUT2D eigenvalue weighted by Crippen LogP contribution is 2.24. The summed E-state index contributed by atoms with van der Waals surface area (Å²) in [4.78, 5) is 25.2. The Hall–Kier alpha value is -2.04. The number of hydrogen-bond donors (Lipinski definition) is 1. The Morgan fingerprint density at radius 2 is 2.11 bits per heavy atom. The van der Waals surface area contributed by atoms with Crippen LogP contribution in [0.3, 0.4) is 0 Å². The Balaban J connectivity index is 2.28. The number of carbonyl (C=O) groups excluding carboxylic acids is 2. The molecular formula is C13H16N2O3. The molecule has 0 aliphatic carbocycles. The average molecular weight is 248 g/mol. The van der Waals surface area contributed by atoms with Crippen molar-refractivity contribution in [2.24, 2.45) is 5.73 Å². The van der Waals surface area contributed by atoms with Crippen LogP contribution < -0.4 is 10.5 Å². The van der Waals surface area contributed by atoms with Gasteiger partial charge in [-0.15, -0.1) is 0 Å². The van der Waals surface area contributed by atoms with E-state index in [1.165, 1.54) is 12.0 Å². The number of nitrogens with zero attached hydrogens (tertiary/aromatic N) is 1. The Bertz CT molecular complexity index is 473. The fourth-order valence-electron chi connectivity index (χ4n) is 2.28. The third-order valence-corrected chi connectivity index (χ3v) is 3.18. The highest BCUT2D eigenvalue weighted by molar-refractivity contribution is 5.99. The number of primary amides is 1. The minimum absolute atomic E-state index is 0.200.